The summed E-state index contributed by atoms with van der Waals surface area (Å²) in [5, 5.41) is 8.90. The Morgan fingerprint density at radius 3 is 2.42 bits per heavy atom. The van der Waals surface area contributed by atoms with Crippen molar-refractivity contribution in [3.8, 4) is 0 Å². The molecule has 0 aliphatic heterocycles. The molecule has 0 spiro atoms. The van der Waals surface area contributed by atoms with Crippen molar-refractivity contribution in [1.82, 2.24) is 9.97 Å². The van der Waals surface area contributed by atoms with E-state index < -0.39 is 11.4 Å². The molecule has 1 fully saturated rings. The summed E-state index contributed by atoms with van der Waals surface area (Å²) < 4.78 is 0. The van der Waals surface area contributed by atoms with Crippen molar-refractivity contribution in [3.05, 3.63) is 24.3 Å². The van der Waals surface area contributed by atoms with Gasteiger partial charge in [0.15, 0.2) is 0 Å². The van der Waals surface area contributed by atoms with Gasteiger partial charge in [0.1, 0.15) is 6.33 Å². The van der Waals surface area contributed by atoms with E-state index in [2.05, 4.69) is 9.97 Å². The first-order chi connectivity index (χ1) is 5.76. The van der Waals surface area contributed by atoms with E-state index in [0.717, 1.165) is 5.56 Å². The SMILES string of the molecule is O=C(O)C1(c2cncnc2)CC1. The van der Waals surface area contributed by atoms with E-state index in [1.165, 1.54) is 6.33 Å². The lowest BCUT2D eigenvalue weighted by Crippen LogP contribution is -2.19. The van der Waals surface area contributed by atoms with Crippen LogP contribution in [0.15, 0.2) is 18.7 Å². The number of hydrogen-bond acceptors (Lipinski definition) is 3. The van der Waals surface area contributed by atoms with Gasteiger partial charge in [-0.15, -0.1) is 0 Å². The van der Waals surface area contributed by atoms with Crippen LogP contribution in [-0.4, -0.2) is 21.0 Å². The molecule has 0 atom stereocenters. The number of rotatable bonds is 2. The number of carbonyl (C=O) groups is 1. The van der Waals surface area contributed by atoms with Gasteiger partial charge in [-0.05, 0) is 12.8 Å². The van der Waals surface area contributed by atoms with E-state index in [-0.39, 0.29) is 0 Å². The van der Waals surface area contributed by atoms with Gasteiger partial charge in [0, 0.05) is 18.0 Å². The predicted octanol–water partition coefficient (Wildman–Crippen LogP) is 0.593. The number of nitrogens with zero attached hydrogens (tertiary/aromatic N) is 2. The molecular formula is C8H8N2O2. The average Bonchev–Trinajstić information content (AvgIpc) is 2.86. The van der Waals surface area contributed by atoms with Gasteiger partial charge in [-0.25, -0.2) is 9.97 Å². The zero-order chi connectivity index (χ0) is 8.60. The van der Waals surface area contributed by atoms with Gasteiger partial charge in [-0.3, -0.25) is 4.79 Å². The minimum atomic E-state index is -0.766. The lowest BCUT2D eigenvalue weighted by Gasteiger charge is -2.07. The standard InChI is InChI=1S/C8H8N2O2/c11-7(12)8(1-2-8)6-3-9-5-10-4-6/h3-5H,1-2H2,(H,11,12). The highest BCUT2D eigenvalue weighted by Gasteiger charge is 2.52. The van der Waals surface area contributed by atoms with E-state index in [0.29, 0.717) is 12.8 Å². The maximum Gasteiger partial charge on any atom is 0.314 e. The summed E-state index contributed by atoms with van der Waals surface area (Å²) in [4.78, 5) is 18.4. The second kappa shape index (κ2) is 2.27. The van der Waals surface area contributed by atoms with Crippen molar-refractivity contribution in [2.24, 2.45) is 0 Å². The van der Waals surface area contributed by atoms with Crippen molar-refractivity contribution in [1.29, 1.82) is 0 Å². The summed E-state index contributed by atoms with van der Waals surface area (Å²) in [5.41, 5.74) is 0.0545. The van der Waals surface area contributed by atoms with Gasteiger partial charge in [0.05, 0.1) is 5.41 Å². The van der Waals surface area contributed by atoms with E-state index in [9.17, 15) is 4.79 Å². The highest BCUT2D eigenvalue weighted by molar-refractivity contribution is 5.84. The Kier molecular flexibility index (Phi) is 1.36. The molecule has 4 heteroatoms. The van der Waals surface area contributed by atoms with Crippen LogP contribution in [0.5, 0.6) is 0 Å². The van der Waals surface area contributed by atoms with Crippen LogP contribution in [-0.2, 0) is 10.2 Å². The smallest absolute Gasteiger partial charge is 0.314 e. The maximum absolute atomic E-state index is 10.8. The van der Waals surface area contributed by atoms with Crippen LogP contribution < -0.4 is 0 Å². The number of carboxylic acid groups (broad SMARTS) is 1. The number of aliphatic carboxylic acids is 1. The predicted molar refractivity (Wildman–Crippen MR) is 40.6 cm³/mol. The lowest BCUT2D eigenvalue weighted by molar-refractivity contribution is -0.140. The van der Waals surface area contributed by atoms with Crippen LogP contribution in [0.1, 0.15) is 18.4 Å². The fourth-order valence-corrected chi connectivity index (χ4v) is 1.30. The third-order valence-electron chi connectivity index (χ3n) is 2.27. The Balaban J connectivity index is 2.37. The average molecular weight is 164 g/mol. The third-order valence-corrected chi connectivity index (χ3v) is 2.27. The number of aromatic nitrogens is 2. The van der Waals surface area contributed by atoms with Gasteiger partial charge in [0.2, 0.25) is 0 Å². The van der Waals surface area contributed by atoms with Crippen molar-refractivity contribution in [3.63, 3.8) is 0 Å². The van der Waals surface area contributed by atoms with Crippen molar-refractivity contribution >= 4 is 5.97 Å². The van der Waals surface area contributed by atoms with Crippen LogP contribution in [0.3, 0.4) is 0 Å². The van der Waals surface area contributed by atoms with E-state index >= 15 is 0 Å². The first kappa shape index (κ1) is 7.21. The van der Waals surface area contributed by atoms with Crippen LogP contribution >= 0.6 is 0 Å². The Morgan fingerprint density at radius 1 is 1.42 bits per heavy atom. The van der Waals surface area contributed by atoms with Crippen LogP contribution in [0.2, 0.25) is 0 Å². The van der Waals surface area contributed by atoms with Crippen molar-refractivity contribution in [2.45, 2.75) is 18.3 Å². The highest BCUT2D eigenvalue weighted by Crippen LogP contribution is 2.47. The molecule has 0 unspecified atom stereocenters. The maximum atomic E-state index is 10.8. The van der Waals surface area contributed by atoms with Gasteiger partial charge >= 0.3 is 5.97 Å². The van der Waals surface area contributed by atoms with E-state index in [1.54, 1.807) is 12.4 Å². The molecule has 1 heterocycles. The largest absolute Gasteiger partial charge is 0.481 e. The Hall–Kier alpha value is -1.45. The quantitative estimate of drug-likeness (QED) is 0.694. The van der Waals surface area contributed by atoms with Crippen LogP contribution in [0.4, 0.5) is 0 Å². The molecule has 1 aromatic heterocycles. The molecule has 1 N–H and O–H groups in total. The van der Waals surface area contributed by atoms with Crippen molar-refractivity contribution in [2.75, 3.05) is 0 Å². The zero-order valence-corrected chi connectivity index (χ0v) is 6.40. The fraction of sp³-hybridized carbons (Fsp3) is 0.375. The molecule has 1 aromatic rings. The molecular weight excluding hydrogens is 156 g/mol. The molecule has 0 amide bonds. The third kappa shape index (κ3) is 0.879. The molecule has 0 radical (unpaired) electrons. The summed E-state index contributed by atoms with van der Waals surface area (Å²) in [6, 6.07) is 0. The molecule has 0 bridgehead atoms. The highest BCUT2D eigenvalue weighted by atomic mass is 16.4. The summed E-state index contributed by atoms with van der Waals surface area (Å²) >= 11 is 0. The minimum Gasteiger partial charge on any atom is -0.481 e. The van der Waals surface area contributed by atoms with Gasteiger partial charge < -0.3 is 5.11 Å². The summed E-state index contributed by atoms with van der Waals surface area (Å²) in [5.74, 6) is -0.766. The molecule has 62 valence electrons. The molecule has 1 aliphatic rings. The zero-order valence-electron chi connectivity index (χ0n) is 6.40. The first-order valence-electron chi connectivity index (χ1n) is 3.74. The summed E-state index contributed by atoms with van der Waals surface area (Å²) in [6.07, 6.45) is 5.97. The normalized spacial score (nSPS) is 18.7. The second-order valence-corrected chi connectivity index (χ2v) is 3.01. The number of carboxylic acids is 1. The number of hydrogen-bond donors (Lipinski definition) is 1. The fourth-order valence-electron chi connectivity index (χ4n) is 1.30. The van der Waals surface area contributed by atoms with Gasteiger partial charge in [-0.1, -0.05) is 0 Å². The van der Waals surface area contributed by atoms with E-state index in [4.69, 9.17) is 5.11 Å². The Bertz CT molecular complexity index is 306. The van der Waals surface area contributed by atoms with Crippen LogP contribution in [0.25, 0.3) is 0 Å². The summed E-state index contributed by atoms with van der Waals surface area (Å²) in [7, 11) is 0. The van der Waals surface area contributed by atoms with Gasteiger partial charge in [-0.2, -0.15) is 0 Å². The first-order valence-corrected chi connectivity index (χ1v) is 3.74. The second-order valence-electron chi connectivity index (χ2n) is 3.01. The van der Waals surface area contributed by atoms with E-state index in [1.807, 2.05) is 0 Å². The molecule has 0 aromatic carbocycles. The van der Waals surface area contributed by atoms with Crippen molar-refractivity contribution < 1.29 is 9.90 Å². The van der Waals surface area contributed by atoms with Gasteiger partial charge in [0.25, 0.3) is 0 Å². The molecule has 1 saturated carbocycles. The topological polar surface area (TPSA) is 63.1 Å². The molecule has 0 saturated heterocycles. The molecule has 12 heavy (non-hydrogen) atoms. The molecule has 1 aliphatic carbocycles. The summed E-state index contributed by atoms with van der Waals surface area (Å²) in [6.45, 7) is 0. The Labute approximate surface area is 69.3 Å². The lowest BCUT2D eigenvalue weighted by atomic mass is 10.00. The Morgan fingerprint density at radius 2 is 2.00 bits per heavy atom. The van der Waals surface area contributed by atoms with Crippen LogP contribution in [0, 0.1) is 0 Å². The molecule has 4 nitrogen and oxygen atoms in total. The monoisotopic (exact) mass is 164 g/mol. The molecule has 2 rings (SSSR count). The minimum absolute atomic E-state index is 0.665.